The Bertz CT molecular complexity index is 283. The van der Waals surface area contributed by atoms with E-state index < -0.39 is 0 Å². The number of rotatable bonds is 6. The highest BCUT2D eigenvalue weighted by Gasteiger charge is 2.23. The molecule has 1 aromatic rings. The molecule has 0 unspecified atom stereocenters. The molecular weight excluding hydrogens is 182 g/mol. The monoisotopic (exact) mass is 197 g/mol. The summed E-state index contributed by atoms with van der Waals surface area (Å²) in [7, 11) is 0. The van der Waals surface area contributed by atoms with E-state index in [9.17, 15) is 0 Å². The first-order valence-electron chi connectivity index (χ1n) is 5.05. The molecule has 0 amide bonds. The van der Waals surface area contributed by atoms with Crippen molar-refractivity contribution in [3.05, 3.63) is 5.82 Å². The molecule has 78 valence electrons. The first-order chi connectivity index (χ1) is 6.88. The van der Waals surface area contributed by atoms with E-state index in [-0.39, 0.29) is 0 Å². The van der Waals surface area contributed by atoms with Gasteiger partial charge in [0.25, 0.3) is 0 Å². The zero-order valence-corrected chi connectivity index (χ0v) is 8.32. The predicted octanol–water partition coefficient (Wildman–Crippen LogP) is 1.22. The fourth-order valence-electron chi connectivity index (χ4n) is 1.12. The van der Waals surface area contributed by atoms with E-state index in [0.717, 1.165) is 6.61 Å². The molecule has 1 heterocycles. The van der Waals surface area contributed by atoms with Crippen LogP contribution in [0.1, 0.15) is 25.6 Å². The highest BCUT2D eigenvalue weighted by atomic mass is 16.5. The van der Waals surface area contributed by atoms with Gasteiger partial charge in [-0.2, -0.15) is 4.98 Å². The standard InChI is InChI=1S/C9H15N3O2/c1-2-13-6-5-8-11-9(14-12-8)10-7-3-4-7/h7H,2-6H2,1H3,(H,10,11,12). The van der Waals surface area contributed by atoms with Crippen LogP contribution in [-0.2, 0) is 11.2 Å². The van der Waals surface area contributed by atoms with E-state index in [1.807, 2.05) is 6.92 Å². The Kier molecular flexibility index (Phi) is 2.98. The molecule has 2 rings (SSSR count). The van der Waals surface area contributed by atoms with Crippen LogP contribution in [0.2, 0.25) is 0 Å². The molecule has 0 atom stereocenters. The topological polar surface area (TPSA) is 60.2 Å². The van der Waals surface area contributed by atoms with Crippen molar-refractivity contribution in [3.63, 3.8) is 0 Å². The van der Waals surface area contributed by atoms with Crippen LogP contribution in [0, 0.1) is 0 Å². The van der Waals surface area contributed by atoms with Gasteiger partial charge in [0.1, 0.15) is 0 Å². The molecule has 0 aliphatic heterocycles. The van der Waals surface area contributed by atoms with Crippen LogP contribution in [-0.4, -0.2) is 29.4 Å². The second-order valence-corrected chi connectivity index (χ2v) is 3.38. The van der Waals surface area contributed by atoms with Gasteiger partial charge in [-0.05, 0) is 19.8 Å². The van der Waals surface area contributed by atoms with Crippen LogP contribution in [0.3, 0.4) is 0 Å². The van der Waals surface area contributed by atoms with E-state index in [1.54, 1.807) is 0 Å². The molecule has 5 nitrogen and oxygen atoms in total. The van der Waals surface area contributed by atoms with Gasteiger partial charge in [-0.25, -0.2) is 0 Å². The molecule has 0 radical (unpaired) electrons. The summed E-state index contributed by atoms with van der Waals surface area (Å²) in [6, 6.07) is 1.09. The molecule has 1 aliphatic rings. The summed E-state index contributed by atoms with van der Waals surface area (Å²) < 4.78 is 10.2. The molecule has 0 saturated heterocycles. The maximum absolute atomic E-state index is 5.20. The van der Waals surface area contributed by atoms with Gasteiger partial charge in [0.2, 0.25) is 0 Å². The lowest BCUT2D eigenvalue weighted by Crippen LogP contribution is -2.02. The van der Waals surface area contributed by atoms with E-state index in [1.165, 1.54) is 12.8 Å². The Hall–Kier alpha value is -1.10. The van der Waals surface area contributed by atoms with Crippen molar-refractivity contribution < 1.29 is 9.26 Å². The number of nitrogens with one attached hydrogen (secondary N) is 1. The van der Waals surface area contributed by atoms with Crippen LogP contribution < -0.4 is 5.32 Å². The van der Waals surface area contributed by atoms with Gasteiger partial charge in [-0.3, -0.25) is 0 Å². The first kappa shape index (κ1) is 9.45. The molecule has 0 spiro atoms. The van der Waals surface area contributed by atoms with Crippen molar-refractivity contribution in [2.75, 3.05) is 18.5 Å². The SMILES string of the molecule is CCOCCc1noc(NC2CC2)n1. The van der Waals surface area contributed by atoms with Gasteiger partial charge in [0.05, 0.1) is 6.61 Å². The molecule has 1 saturated carbocycles. The third-order valence-electron chi connectivity index (χ3n) is 2.05. The van der Waals surface area contributed by atoms with Crippen molar-refractivity contribution in [1.29, 1.82) is 0 Å². The molecular formula is C9H15N3O2. The second-order valence-electron chi connectivity index (χ2n) is 3.38. The fraction of sp³-hybridized carbons (Fsp3) is 0.778. The van der Waals surface area contributed by atoms with Crippen LogP contribution >= 0.6 is 0 Å². The molecule has 1 aliphatic carbocycles. The number of anilines is 1. The normalized spacial score (nSPS) is 15.8. The summed E-state index contributed by atoms with van der Waals surface area (Å²) in [5, 5.41) is 6.99. The molecule has 5 heteroatoms. The first-order valence-corrected chi connectivity index (χ1v) is 5.05. The van der Waals surface area contributed by atoms with Crippen molar-refractivity contribution in [2.24, 2.45) is 0 Å². The Labute approximate surface area is 82.8 Å². The Morgan fingerprint density at radius 3 is 3.14 bits per heavy atom. The van der Waals surface area contributed by atoms with Gasteiger partial charge in [-0.15, -0.1) is 0 Å². The van der Waals surface area contributed by atoms with Crippen LogP contribution in [0.25, 0.3) is 0 Å². The van der Waals surface area contributed by atoms with Crippen molar-refractivity contribution in [2.45, 2.75) is 32.2 Å². The van der Waals surface area contributed by atoms with E-state index in [0.29, 0.717) is 30.9 Å². The molecule has 1 aromatic heterocycles. The number of hydrogen-bond acceptors (Lipinski definition) is 5. The Morgan fingerprint density at radius 1 is 1.57 bits per heavy atom. The summed E-state index contributed by atoms with van der Waals surface area (Å²) in [6.45, 7) is 3.35. The number of nitrogens with zero attached hydrogens (tertiary/aromatic N) is 2. The molecule has 14 heavy (non-hydrogen) atoms. The third kappa shape index (κ3) is 2.70. The number of aromatic nitrogens is 2. The minimum Gasteiger partial charge on any atom is -0.381 e. The van der Waals surface area contributed by atoms with Crippen LogP contribution in [0.15, 0.2) is 4.52 Å². The summed E-state index contributed by atoms with van der Waals surface area (Å²) in [4.78, 5) is 4.19. The maximum atomic E-state index is 5.20. The predicted molar refractivity (Wildman–Crippen MR) is 51.1 cm³/mol. The lowest BCUT2D eigenvalue weighted by atomic mass is 10.4. The minimum absolute atomic E-state index is 0.541. The summed E-state index contributed by atoms with van der Waals surface area (Å²) >= 11 is 0. The molecule has 1 fully saturated rings. The Morgan fingerprint density at radius 2 is 2.43 bits per heavy atom. The quantitative estimate of drug-likeness (QED) is 0.695. The summed E-state index contributed by atoms with van der Waals surface area (Å²) in [6.07, 6.45) is 3.12. The smallest absolute Gasteiger partial charge is 0.321 e. The summed E-state index contributed by atoms with van der Waals surface area (Å²) in [5.41, 5.74) is 0. The van der Waals surface area contributed by atoms with Gasteiger partial charge in [-0.1, -0.05) is 5.16 Å². The van der Waals surface area contributed by atoms with E-state index in [2.05, 4.69) is 15.5 Å². The molecule has 0 aromatic carbocycles. The zero-order chi connectivity index (χ0) is 9.80. The zero-order valence-electron chi connectivity index (χ0n) is 8.32. The highest BCUT2D eigenvalue weighted by molar-refractivity contribution is 5.23. The van der Waals surface area contributed by atoms with Crippen molar-refractivity contribution in [1.82, 2.24) is 10.1 Å². The maximum Gasteiger partial charge on any atom is 0.321 e. The second kappa shape index (κ2) is 4.41. The number of hydrogen-bond donors (Lipinski definition) is 1. The lowest BCUT2D eigenvalue weighted by molar-refractivity contribution is 0.149. The average molecular weight is 197 g/mol. The number of ether oxygens (including phenoxy) is 1. The van der Waals surface area contributed by atoms with E-state index >= 15 is 0 Å². The highest BCUT2D eigenvalue weighted by Crippen LogP contribution is 2.23. The minimum atomic E-state index is 0.541. The molecule has 0 bridgehead atoms. The van der Waals surface area contributed by atoms with Crippen LogP contribution in [0.5, 0.6) is 0 Å². The van der Waals surface area contributed by atoms with Gasteiger partial charge >= 0.3 is 6.01 Å². The van der Waals surface area contributed by atoms with E-state index in [4.69, 9.17) is 9.26 Å². The largest absolute Gasteiger partial charge is 0.381 e. The van der Waals surface area contributed by atoms with Gasteiger partial charge in [0, 0.05) is 19.1 Å². The van der Waals surface area contributed by atoms with Crippen molar-refractivity contribution in [3.8, 4) is 0 Å². The van der Waals surface area contributed by atoms with Crippen molar-refractivity contribution >= 4 is 6.01 Å². The van der Waals surface area contributed by atoms with Gasteiger partial charge < -0.3 is 14.6 Å². The molecule has 1 N–H and O–H groups in total. The third-order valence-corrected chi connectivity index (χ3v) is 2.05. The average Bonchev–Trinajstić information content (AvgIpc) is 2.87. The van der Waals surface area contributed by atoms with Crippen LogP contribution in [0.4, 0.5) is 6.01 Å². The fourth-order valence-corrected chi connectivity index (χ4v) is 1.12. The summed E-state index contributed by atoms with van der Waals surface area (Å²) in [5.74, 6) is 0.710. The Balaban J connectivity index is 1.76. The van der Waals surface area contributed by atoms with Gasteiger partial charge in [0.15, 0.2) is 5.82 Å². The lowest BCUT2D eigenvalue weighted by Gasteiger charge is -1.95.